The van der Waals surface area contributed by atoms with Gasteiger partial charge in [-0.1, -0.05) is 88.4 Å². The Hall–Kier alpha value is -4.33. The smallest absolute Gasteiger partial charge is 0.407 e. The highest BCUT2D eigenvalue weighted by Gasteiger charge is 2.31. The molecule has 0 unspecified atom stereocenters. The standard InChI is InChI=1S/C37H48N6O5S2/c1-24(2)33(42-36(46)43(5)20-29-22-49-35(40-29)25(3)4)34(45)39-28(16-26-12-8-6-9-13-26)18-32(44)31(17-27-14-10-7-11-15-27)41-37(47)48-21-30-19-38-23-50-30/h6-15,19,22-25,28,31-33,44H,16-18,20-21H2,1-5H3,(H,39,45)(H,41,47)(H,42,46)/t28-,31+,32+,33+/m1/s1. The van der Waals surface area contributed by atoms with E-state index in [1.54, 1.807) is 30.1 Å². The van der Waals surface area contributed by atoms with E-state index in [4.69, 9.17) is 4.74 Å². The zero-order valence-electron chi connectivity index (χ0n) is 29.2. The summed E-state index contributed by atoms with van der Waals surface area (Å²) in [5.74, 6) is -0.277. The number of amides is 4. The van der Waals surface area contributed by atoms with Gasteiger partial charge in [0.05, 0.1) is 39.8 Å². The van der Waals surface area contributed by atoms with Gasteiger partial charge in [-0.25, -0.2) is 14.6 Å². The van der Waals surface area contributed by atoms with Crippen LogP contribution in [0, 0.1) is 5.92 Å². The normalized spacial score (nSPS) is 13.7. The van der Waals surface area contributed by atoms with Crippen molar-refractivity contribution in [2.75, 3.05) is 7.05 Å². The number of nitrogens with one attached hydrogen (secondary N) is 3. The molecule has 0 aliphatic carbocycles. The van der Waals surface area contributed by atoms with Crippen molar-refractivity contribution in [3.8, 4) is 0 Å². The molecule has 0 saturated carbocycles. The fourth-order valence-corrected chi connectivity index (χ4v) is 6.72. The maximum Gasteiger partial charge on any atom is 0.407 e. The van der Waals surface area contributed by atoms with Crippen molar-refractivity contribution in [1.82, 2.24) is 30.8 Å². The summed E-state index contributed by atoms with van der Waals surface area (Å²) in [5.41, 5.74) is 4.35. The number of urea groups is 1. The van der Waals surface area contributed by atoms with E-state index in [9.17, 15) is 19.5 Å². The number of carbonyl (C=O) groups is 3. The Labute approximate surface area is 302 Å². The van der Waals surface area contributed by atoms with Crippen LogP contribution < -0.4 is 16.0 Å². The van der Waals surface area contributed by atoms with Crippen molar-refractivity contribution in [3.63, 3.8) is 0 Å². The molecule has 50 heavy (non-hydrogen) atoms. The van der Waals surface area contributed by atoms with Crippen LogP contribution in [-0.4, -0.2) is 69.3 Å². The first-order valence-electron chi connectivity index (χ1n) is 16.8. The molecule has 4 N–H and O–H groups in total. The number of thiazole rings is 2. The van der Waals surface area contributed by atoms with Crippen LogP contribution in [0.25, 0.3) is 0 Å². The lowest BCUT2D eigenvalue weighted by atomic mass is 9.93. The third kappa shape index (κ3) is 12.2. The Morgan fingerprint density at radius 3 is 2.14 bits per heavy atom. The molecule has 2 aromatic carbocycles. The molecule has 268 valence electrons. The number of aliphatic hydroxyl groups is 1. The molecular formula is C37H48N6O5S2. The van der Waals surface area contributed by atoms with Crippen molar-refractivity contribution in [1.29, 1.82) is 0 Å². The van der Waals surface area contributed by atoms with Gasteiger partial charge in [-0.15, -0.1) is 22.7 Å². The maximum atomic E-state index is 13.9. The Balaban J connectivity index is 1.46. The van der Waals surface area contributed by atoms with E-state index in [2.05, 4.69) is 39.8 Å². The topological polar surface area (TPSA) is 146 Å². The highest BCUT2D eigenvalue weighted by Crippen LogP contribution is 2.20. The molecule has 4 rings (SSSR count). The molecule has 0 spiro atoms. The summed E-state index contributed by atoms with van der Waals surface area (Å²) in [6, 6.07) is 16.8. The summed E-state index contributed by atoms with van der Waals surface area (Å²) < 4.78 is 5.42. The van der Waals surface area contributed by atoms with Gasteiger partial charge in [-0.05, 0) is 36.3 Å². The largest absolute Gasteiger partial charge is 0.444 e. The first-order chi connectivity index (χ1) is 24.0. The zero-order chi connectivity index (χ0) is 36.0. The predicted molar refractivity (Wildman–Crippen MR) is 197 cm³/mol. The Kier molecular flexibility index (Phi) is 14.7. The molecule has 0 radical (unpaired) electrons. The van der Waals surface area contributed by atoms with Gasteiger partial charge in [0, 0.05) is 30.6 Å². The van der Waals surface area contributed by atoms with Crippen LogP contribution in [0.15, 0.2) is 77.8 Å². The monoisotopic (exact) mass is 720 g/mol. The lowest BCUT2D eigenvalue weighted by Crippen LogP contribution is -2.55. The average molecular weight is 721 g/mol. The van der Waals surface area contributed by atoms with E-state index >= 15 is 0 Å². The van der Waals surface area contributed by atoms with E-state index in [0.717, 1.165) is 26.7 Å². The minimum atomic E-state index is -1.05. The van der Waals surface area contributed by atoms with E-state index in [1.165, 1.54) is 16.2 Å². The number of hydrogen-bond acceptors (Lipinski definition) is 9. The van der Waals surface area contributed by atoms with Gasteiger partial charge in [0.1, 0.15) is 12.6 Å². The molecule has 2 heterocycles. The van der Waals surface area contributed by atoms with Crippen LogP contribution in [-0.2, 0) is 35.5 Å². The third-order valence-corrected chi connectivity index (χ3v) is 10.1. The van der Waals surface area contributed by atoms with Crippen LogP contribution >= 0.6 is 22.7 Å². The number of aliphatic hydroxyl groups excluding tert-OH is 1. The van der Waals surface area contributed by atoms with Crippen LogP contribution in [0.3, 0.4) is 0 Å². The Morgan fingerprint density at radius 1 is 0.900 bits per heavy atom. The zero-order valence-corrected chi connectivity index (χ0v) is 30.9. The van der Waals surface area contributed by atoms with Crippen molar-refractivity contribution in [2.24, 2.45) is 5.92 Å². The van der Waals surface area contributed by atoms with Crippen LogP contribution in [0.2, 0.25) is 0 Å². The maximum absolute atomic E-state index is 13.9. The summed E-state index contributed by atoms with van der Waals surface area (Å²) in [7, 11) is 1.68. The fraction of sp³-hybridized carbons (Fsp3) is 0.432. The lowest BCUT2D eigenvalue weighted by molar-refractivity contribution is -0.124. The highest BCUT2D eigenvalue weighted by atomic mass is 32.1. The van der Waals surface area contributed by atoms with E-state index in [-0.39, 0.29) is 30.9 Å². The van der Waals surface area contributed by atoms with Crippen molar-refractivity contribution in [2.45, 2.75) is 90.3 Å². The van der Waals surface area contributed by atoms with Gasteiger partial charge in [-0.3, -0.25) is 9.78 Å². The molecule has 4 aromatic rings. The highest BCUT2D eigenvalue weighted by molar-refractivity contribution is 7.09. The number of benzene rings is 2. The second kappa shape index (κ2) is 19.2. The second-order valence-corrected chi connectivity index (χ2v) is 14.9. The number of ether oxygens (including phenoxy) is 1. The summed E-state index contributed by atoms with van der Waals surface area (Å²) in [4.78, 5) is 51.0. The van der Waals surface area contributed by atoms with E-state index < -0.39 is 30.3 Å². The number of hydrogen-bond donors (Lipinski definition) is 4. The molecule has 0 aliphatic rings. The summed E-state index contributed by atoms with van der Waals surface area (Å²) >= 11 is 2.95. The summed E-state index contributed by atoms with van der Waals surface area (Å²) in [6.45, 7) is 8.28. The predicted octanol–water partition coefficient (Wildman–Crippen LogP) is 5.91. The second-order valence-electron chi connectivity index (χ2n) is 13.0. The first kappa shape index (κ1) is 38.5. The number of alkyl carbamates (subject to hydrolysis) is 1. The summed E-state index contributed by atoms with van der Waals surface area (Å²) in [6.07, 6.45) is 0.836. The van der Waals surface area contributed by atoms with Gasteiger partial charge >= 0.3 is 12.1 Å². The molecule has 0 bridgehead atoms. The molecule has 0 fully saturated rings. The van der Waals surface area contributed by atoms with Crippen LogP contribution in [0.5, 0.6) is 0 Å². The third-order valence-electron chi connectivity index (χ3n) is 8.13. The molecule has 13 heteroatoms. The lowest BCUT2D eigenvalue weighted by Gasteiger charge is -2.30. The van der Waals surface area contributed by atoms with Crippen molar-refractivity contribution < 1.29 is 24.2 Å². The minimum Gasteiger partial charge on any atom is -0.444 e. The van der Waals surface area contributed by atoms with Crippen molar-refractivity contribution >= 4 is 40.7 Å². The minimum absolute atomic E-state index is 0.0671. The van der Waals surface area contributed by atoms with E-state index in [0.29, 0.717) is 25.3 Å². The Morgan fingerprint density at radius 2 is 1.56 bits per heavy atom. The van der Waals surface area contributed by atoms with Gasteiger partial charge in [0.15, 0.2) is 0 Å². The first-order valence-corrected chi connectivity index (χ1v) is 18.6. The quantitative estimate of drug-likeness (QED) is 0.106. The Bertz CT molecular complexity index is 1620. The number of rotatable bonds is 17. The van der Waals surface area contributed by atoms with Crippen LogP contribution in [0.1, 0.15) is 66.7 Å². The van der Waals surface area contributed by atoms with Gasteiger partial charge in [-0.2, -0.15) is 0 Å². The van der Waals surface area contributed by atoms with Crippen molar-refractivity contribution in [3.05, 3.63) is 104 Å². The van der Waals surface area contributed by atoms with Gasteiger partial charge in [0.25, 0.3) is 0 Å². The number of nitrogens with zero attached hydrogens (tertiary/aromatic N) is 3. The SMILES string of the molecule is CC(C)c1nc(CN(C)C(=O)N[C@H](C(=O)N[C@H](Cc2ccccc2)C[C@H](O)[C@H](Cc2ccccc2)NC(=O)OCc2cncs2)C(C)C)cs1. The van der Waals surface area contributed by atoms with Gasteiger partial charge in [0.2, 0.25) is 5.91 Å². The summed E-state index contributed by atoms with van der Waals surface area (Å²) in [5, 5.41) is 23.5. The molecule has 11 nitrogen and oxygen atoms in total. The molecular weight excluding hydrogens is 673 g/mol. The number of carbonyl (C=O) groups excluding carboxylic acids is 3. The van der Waals surface area contributed by atoms with E-state index in [1.807, 2.05) is 79.9 Å². The average Bonchev–Trinajstić information content (AvgIpc) is 3.79. The van der Waals surface area contributed by atoms with Crippen LogP contribution in [0.4, 0.5) is 9.59 Å². The van der Waals surface area contributed by atoms with Gasteiger partial charge < -0.3 is 30.7 Å². The molecule has 4 atom stereocenters. The molecule has 2 aromatic heterocycles. The molecule has 4 amide bonds. The number of aromatic nitrogens is 2. The fourth-order valence-electron chi connectivity index (χ4n) is 5.39. The molecule has 0 aliphatic heterocycles. The molecule has 0 saturated heterocycles.